The molecule has 15 nitrogen and oxygen atoms in total. The van der Waals surface area contributed by atoms with E-state index in [2.05, 4.69) is 25.5 Å². The second-order valence-corrected chi connectivity index (χ2v) is 12.6. The largest absolute Gasteiger partial charge is 0.504 e. The number of carbonyl (C=O) groups is 2. The van der Waals surface area contributed by atoms with E-state index in [1.807, 2.05) is 17.9 Å². The third-order valence-electron chi connectivity index (χ3n) is 9.60. The van der Waals surface area contributed by atoms with Crippen LogP contribution in [0, 0.1) is 6.92 Å². The zero-order valence-corrected chi connectivity index (χ0v) is 26.3. The summed E-state index contributed by atoms with van der Waals surface area (Å²) in [5.74, 6) is -1.30. The molecule has 1 saturated carbocycles. The Balaban J connectivity index is 1.20. The average Bonchev–Trinajstić information content (AvgIpc) is 3.77. The maximum Gasteiger partial charge on any atom is 0.417 e. The van der Waals surface area contributed by atoms with Crippen LogP contribution in [-0.2, 0) is 27.2 Å². The summed E-state index contributed by atoms with van der Waals surface area (Å²) in [6.45, 7) is 4.57. The molecular weight excluding hydrogens is 639 g/mol. The van der Waals surface area contributed by atoms with Gasteiger partial charge in [-0.2, -0.15) is 18.0 Å². The van der Waals surface area contributed by atoms with Gasteiger partial charge in [-0.1, -0.05) is 6.92 Å². The standard InChI is InChI=1S/C30H34F3N9O6/c1-3-19-23(39-6-8-40(9-7-39)27(46)22-24(44)17(2)34-16-35-22)25(45)21-26(38-42(37-21)18-4-10-47-11-5-18)41(19)12-20(43)36-28-13-29(14-28,48-15-28)30(31,32)33/h4,16,44H,3,5-15H2,1-2H3,(H,36,43). The highest BCUT2D eigenvalue weighted by molar-refractivity contribution is 5.95. The summed E-state index contributed by atoms with van der Waals surface area (Å²) in [4.78, 5) is 53.5. The molecule has 0 spiro atoms. The van der Waals surface area contributed by atoms with Crippen molar-refractivity contribution in [3.05, 3.63) is 39.7 Å². The highest BCUT2D eigenvalue weighted by Gasteiger charge is 2.74. The lowest BCUT2D eigenvalue weighted by Gasteiger charge is -2.45. The van der Waals surface area contributed by atoms with Crippen molar-refractivity contribution in [3.8, 4) is 5.75 Å². The Bertz CT molecular complexity index is 1890. The lowest BCUT2D eigenvalue weighted by atomic mass is 9.68. The topological polar surface area (TPSA) is 170 Å². The number of rotatable bonds is 7. The van der Waals surface area contributed by atoms with Crippen molar-refractivity contribution in [3.63, 3.8) is 0 Å². The molecule has 0 unspecified atom stereocenters. The van der Waals surface area contributed by atoms with Crippen molar-refractivity contribution in [2.45, 2.75) is 63.4 Å². The van der Waals surface area contributed by atoms with E-state index in [-0.39, 0.29) is 80.5 Å². The van der Waals surface area contributed by atoms with Gasteiger partial charge in [0.05, 0.1) is 36.8 Å². The van der Waals surface area contributed by atoms with Crippen LogP contribution in [0.5, 0.6) is 5.75 Å². The highest BCUT2D eigenvalue weighted by Crippen LogP contribution is 2.59. The molecule has 4 fully saturated rings. The van der Waals surface area contributed by atoms with Crippen LogP contribution in [0.1, 0.15) is 48.1 Å². The van der Waals surface area contributed by atoms with E-state index in [4.69, 9.17) is 9.47 Å². The van der Waals surface area contributed by atoms with Crippen LogP contribution in [-0.4, -0.2) is 115 Å². The Labute approximate surface area is 271 Å². The molecule has 48 heavy (non-hydrogen) atoms. The molecule has 8 rings (SSSR count). The number of aromatic nitrogens is 6. The van der Waals surface area contributed by atoms with Gasteiger partial charge in [0.25, 0.3) is 5.91 Å². The summed E-state index contributed by atoms with van der Waals surface area (Å²) in [5.41, 5.74) is -1.84. The molecule has 3 aromatic heterocycles. The van der Waals surface area contributed by atoms with Gasteiger partial charge in [-0.15, -0.1) is 10.2 Å². The molecule has 1 aliphatic carbocycles. The fourth-order valence-corrected chi connectivity index (χ4v) is 7.12. The summed E-state index contributed by atoms with van der Waals surface area (Å²) in [5, 5.41) is 22.3. The molecule has 5 aliphatic rings. The summed E-state index contributed by atoms with van der Waals surface area (Å²) in [7, 11) is 0. The van der Waals surface area contributed by atoms with Crippen LogP contribution in [0.25, 0.3) is 16.9 Å². The van der Waals surface area contributed by atoms with Crippen LogP contribution in [0.3, 0.4) is 0 Å². The normalized spacial score (nSPS) is 24.1. The highest BCUT2D eigenvalue weighted by atomic mass is 19.4. The fourth-order valence-electron chi connectivity index (χ4n) is 7.12. The van der Waals surface area contributed by atoms with Crippen molar-refractivity contribution >= 4 is 34.4 Å². The number of aryl methyl sites for hydroxylation is 1. The number of nitrogens with one attached hydrogen (secondary N) is 1. The molecule has 7 heterocycles. The second kappa shape index (κ2) is 11.5. The number of ether oxygens (including phenoxy) is 2. The molecule has 2 bridgehead atoms. The molecule has 3 saturated heterocycles. The number of carbonyl (C=O) groups excluding carboxylic acids is 2. The van der Waals surface area contributed by atoms with E-state index in [0.717, 1.165) is 5.70 Å². The first-order chi connectivity index (χ1) is 22.9. The first-order valence-corrected chi connectivity index (χ1v) is 15.7. The van der Waals surface area contributed by atoms with Gasteiger partial charge in [0, 0.05) is 51.1 Å². The number of hydrogen-bond acceptors (Lipinski definition) is 11. The minimum atomic E-state index is -4.53. The van der Waals surface area contributed by atoms with Gasteiger partial charge in [0.2, 0.25) is 11.3 Å². The SMILES string of the molecule is CCc1c(N2CCN(C(=O)c3ncnc(C)c3O)CC2)c(=O)c2nn(C3=CCOCC3)nc2n1CC(=O)NC12COC(C(F)(F)F)(C1)C2. The number of nitrogens with zero attached hydrogens (tertiary/aromatic N) is 8. The van der Waals surface area contributed by atoms with Gasteiger partial charge in [-0.3, -0.25) is 14.4 Å². The third kappa shape index (κ3) is 5.17. The summed E-state index contributed by atoms with van der Waals surface area (Å²) >= 11 is 0. The number of fused-ring (bicyclic) bond motifs is 2. The summed E-state index contributed by atoms with van der Waals surface area (Å²) < 4.78 is 52.8. The van der Waals surface area contributed by atoms with E-state index >= 15 is 0 Å². The predicted octanol–water partition coefficient (Wildman–Crippen LogP) is 1.16. The van der Waals surface area contributed by atoms with Crippen molar-refractivity contribution in [2.24, 2.45) is 0 Å². The van der Waals surface area contributed by atoms with Gasteiger partial charge in [-0.05, 0) is 19.4 Å². The number of alkyl halides is 3. The van der Waals surface area contributed by atoms with Crippen molar-refractivity contribution in [1.82, 2.24) is 39.7 Å². The van der Waals surface area contributed by atoms with E-state index in [1.165, 1.54) is 16.0 Å². The monoisotopic (exact) mass is 673 g/mol. The van der Waals surface area contributed by atoms with Crippen LogP contribution < -0.4 is 15.6 Å². The zero-order valence-electron chi connectivity index (χ0n) is 26.3. The molecule has 4 aliphatic heterocycles. The van der Waals surface area contributed by atoms with Gasteiger partial charge >= 0.3 is 6.18 Å². The Kier molecular flexibility index (Phi) is 7.69. The number of piperazine rings is 1. The lowest BCUT2D eigenvalue weighted by Crippen LogP contribution is -2.64. The van der Waals surface area contributed by atoms with Gasteiger partial charge in [0.1, 0.15) is 18.6 Å². The summed E-state index contributed by atoms with van der Waals surface area (Å²) in [6.07, 6.45) is -1.42. The van der Waals surface area contributed by atoms with Crippen LogP contribution >= 0.6 is 0 Å². The van der Waals surface area contributed by atoms with E-state index in [1.54, 1.807) is 11.5 Å². The number of hydrogen-bond donors (Lipinski definition) is 2. The first-order valence-electron chi connectivity index (χ1n) is 15.7. The maximum atomic E-state index is 14.2. The fraction of sp³-hybridized carbons (Fsp3) is 0.567. The third-order valence-corrected chi connectivity index (χ3v) is 9.60. The lowest BCUT2D eigenvalue weighted by molar-refractivity contribution is -0.273. The average molecular weight is 674 g/mol. The number of halogens is 3. The van der Waals surface area contributed by atoms with Gasteiger partial charge < -0.3 is 34.3 Å². The Morgan fingerprint density at radius 1 is 1.12 bits per heavy atom. The number of amides is 2. The van der Waals surface area contributed by atoms with Crippen molar-refractivity contribution in [2.75, 3.05) is 50.9 Å². The van der Waals surface area contributed by atoms with E-state index in [9.17, 15) is 32.7 Å². The maximum absolute atomic E-state index is 14.2. The number of aromatic hydroxyl groups is 1. The van der Waals surface area contributed by atoms with E-state index in [0.29, 0.717) is 37.4 Å². The Morgan fingerprint density at radius 3 is 2.52 bits per heavy atom. The molecule has 256 valence electrons. The van der Waals surface area contributed by atoms with Crippen LogP contribution in [0.2, 0.25) is 0 Å². The van der Waals surface area contributed by atoms with Gasteiger partial charge in [0.15, 0.2) is 28.2 Å². The molecule has 0 radical (unpaired) electrons. The number of anilines is 1. The first kappa shape index (κ1) is 32.0. The molecule has 18 heteroatoms. The van der Waals surface area contributed by atoms with Crippen molar-refractivity contribution < 1.29 is 37.3 Å². The second-order valence-electron chi connectivity index (χ2n) is 12.6. The van der Waals surface area contributed by atoms with Crippen molar-refractivity contribution in [1.29, 1.82) is 0 Å². The molecule has 0 atom stereocenters. The van der Waals surface area contributed by atoms with E-state index < -0.39 is 34.6 Å². The molecule has 0 aromatic carbocycles. The Morgan fingerprint density at radius 2 is 1.88 bits per heavy atom. The van der Waals surface area contributed by atoms with Gasteiger partial charge in [-0.25, -0.2) is 9.97 Å². The molecule has 3 aromatic rings. The molecular formula is C30H34F3N9O6. The number of pyridine rings is 1. The van der Waals surface area contributed by atoms with Crippen LogP contribution in [0.15, 0.2) is 17.2 Å². The molecule has 2 amide bonds. The smallest absolute Gasteiger partial charge is 0.417 e. The quantitative estimate of drug-likeness (QED) is 0.369. The minimum absolute atomic E-state index is 0.0318. The zero-order chi connectivity index (χ0) is 34.0. The minimum Gasteiger partial charge on any atom is -0.504 e. The summed E-state index contributed by atoms with van der Waals surface area (Å²) in [6, 6.07) is 0. The van der Waals surface area contributed by atoms with Crippen LogP contribution in [0.4, 0.5) is 18.9 Å². The predicted molar refractivity (Wildman–Crippen MR) is 162 cm³/mol. The molecule has 2 N–H and O–H groups in total. The Hall–Kier alpha value is -4.58.